The molecule has 18 heteroatoms. The molecule has 2 atom stereocenters. The van der Waals surface area contributed by atoms with Crippen LogP contribution < -0.4 is 5.32 Å². The van der Waals surface area contributed by atoms with Gasteiger partial charge in [-0.3, -0.25) is 28.8 Å². The van der Waals surface area contributed by atoms with Gasteiger partial charge in [0.25, 0.3) is 0 Å². The van der Waals surface area contributed by atoms with Crippen LogP contribution in [0.15, 0.2) is 0 Å². The Morgan fingerprint density at radius 3 is 0.886 bits per heavy atom. The van der Waals surface area contributed by atoms with Gasteiger partial charge in [0.1, 0.15) is 0 Å². The van der Waals surface area contributed by atoms with Crippen LogP contribution in [0.4, 0.5) is 13.2 Å². The van der Waals surface area contributed by atoms with E-state index in [9.17, 15) is 41.9 Å². The summed E-state index contributed by atoms with van der Waals surface area (Å²) in [7, 11) is 0. The molecule has 0 spiro atoms. The topological polar surface area (TPSA) is 207 Å². The maximum Gasteiger partial charge on any atom is 0.490 e. The number of halogens is 3. The van der Waals surface area contributed by atoms with Gasteiger partial charge in [-0.25, -0.2) is 4.79 Å². The van der Waals surface area contributed by atoms with E-state index in [1.54, 1.807) is 0 Å². The largest absolute Gasteiger partial charge is 0.490 e. The predicted molar refractivity (Wildman–Crippen MR) is 258 cm³/mol. The van der Waals surface area contributed by atoms with E-state index in [1.807, 2.05) is 0 Å². The molecule has 70 heavy (non-hydrogen) atoms. The maximum atomic E-state index is 13.3. The molecular formula is C52H90F3NO14. The second-order valence-electron chi connectivity index (χ2n) is 18.5. The van der Waals surface area contributed by atoms with Gasteiger partial charge in [0.2, 0.25) is 0 Å². The lowest BCUT2D eigenvalue weighted by molar-refractivity contribution is -0.192. The zero-order chi connectivity index (χ0) is 52.3. The van der Waals surface area contributed by atoms with Gasteiger partial charge >= 0.3 is 48.0 Å². The van der Waals surface area contributed by atoms with E-state index >= 15 is 0 Å². The Bertz CT molecular complexity index is 1260. The molecule has 1 aliphatic rings. The first kappa shape index (κ1) is 66.0. The summed E-state index contributed by atoms with van der Waals surface area (Å²) in [6.07, 6.45) is 19.0. The highest BCUT2D eigenvalue weighted by Gasteiger charge is 2.38. The van der Waals surface area contributed by atoms with E-state index in [-0.39, 0.29) is 102 Å². The highest BCUT2D eigenvalue weighted by atomic mass is 19.4. The number of nitrogens with one attached hydrogen (secondary N) is 1. The van der Waals surface area contributed by atoms with E-state index in [1.165, 1.54) is 25.7 Å². The molecule has 15 nitrogen and oxygen atoms in total. The predicted octanol–water partition coefficient (Wildman–Crippen LogP) is 11.2. The molecule has 0 aliphatic carbocycles. The number of unbranched alkanes of at least 4 members (excludes halogenated alkanes) is 20. The Labute approximate surface area is 416 Å². The number of carboxylic acid groups (broad SMARTS) is 1. The van der Waals surface area contributed by atoms with Crippen LogP contribution in [-0.2, 0) is 62.0 Å². The van der Waals surface area contributed by atoms with Crippen molar-refractivity contribution in [1.29, 1.82) is 0 Å². The monoisotopic (exact) mass is 1010 g/mol. The van der Waals surface area contributed by atoms with Crippen LogP contribution in [0.1, 0.15) is 220 Å². The molecule has 1 rings (SSSR count). The van der Waals surface area contributed by atoms with Gasteiger partial charge in [-0.05, 0) is 25.7 Å². The fraction of sp³-hybridized carbons (Fsp3) is 0.865. The molecule has 0 amide bonds. The van der Waals surface area contributed by atoms with Crippen LogP contribution in [0.5, 0.6) is 0 Å². The Morgan fingerprint density at radius 1 is 0.429 bits per heavy atom. The number of rotatable bonds is 42. The van der Waals surface area contributed by atoms with Crippen molar-refractivity contribution in [2.24, 2.45) is 11.8 Å². The quantitative estimate of drug-likeness (QED) is 0.0331. The zero-order valence-electron chi connectivity index (χ0n) is 43.2. The van der Waals surface area contributed by atoms with E-state index in [2.05, 4.69) is 33.0 Å². The third-order valence-electron chi connectivity index (χ3n) is 11.7. The number of alkyl halides is 3. The molecule has 0 aromatic carbocycles. The number of aliphatic carboxylic acids is 1. The summed E-state index contributed by atoms with van der Waals surface area (Å²) >= 11 is 0. The molecule has 0 unspecified atom stereocenters. The number of carbonyl (C=O) groups is 7. The summed E-state index contributed by atoms with van der Waals surface area (Å²) in [5.74, 6) is -6.58. The van der Waals surface area contributed by atoms with Crippen molar-refractivity contribution >= 4 is 41.8 Å². The summed E-state index contributed by atoms with van der Waals surface area (Å²) in [5, 5.41) is 10.2. The lowest BCUT2D eigenvalue weighted by Crippen LogP contribution is -2.36. The summed E-state index contributed by atoms with van der Waals surface area (Å²) in [6, 6.07) is 0. The first-order valence-electron chi connectivity index (χ1n) is 26.6. The van der Waals surface area contributed by atoms with Gasteiger partial charge in [-0.2, -0.15) is 13.2 Å². The highest BCUT2D eigenvalue weighted by molar-refractivity contribution is 5.74. The average Bonchev–Trinajstić information content (AvgIpc) is 3.75. The molecule has 1 saturated heterocycles. The number of carbonyl (C=O) groups excluding carboxylic acids is 6. The molecule has 1 heterocycles. The van der Waals surface area contributed by atoms with Gasteiger partial charge in [-0.15, -0.1) is 0 Å². The lowest BCUT2D eigenvalue weighted by atomic mass is 10.1. The molecule has 0 aromatic heterocycles. The van der Waals surface area contributed by atoms with Crippen molar-refractivity contribution in [3.05, 3.63) is 0 Å². The van der Waals surface area contributed by atoms with Crippen LogP contribution >= 0.6 is 0 Å². The van der Waals surface area contributed by atoms with Crippen molar-refractivity contribution in [3.8, 4) is 0 Å². The Hall–Kier alpha value is -3.96. The van der Waals surface area contributed by atoms with E-state index in [0.717, 1.165) is 128 Å². The number of carboxylic acids is 1. The van der Waals surface area contributed by atoms with Crippen LogP contribution in [0.3, 0.4) is 0 Å². The minimum atomic E-state index is -5.08. The number of ether oxygens (including phenoxy) is 6. The molecule has 0 bridgehead atoms. The number of hydrogen-bond acceptors (Lipinski definition) is 14. The maximum absolute atomic E-state index is 13.3. The summed E-state index contributed by atoms with van der Waals surface area (Å²) in [4.78, 5) is 85.8. The van der Waals surface area contributed by atoms with Crippen LogP contribution in [0.2, 0.25) is 0 Å². The fourth-order valence-electron chi connectivity index (χ4n) is 7.43. The van der Waals surface area contributed by atoms with Crippen molar-refractivity contribution < 1.29 is 80.3 Å². The van der Waals surface area contributed by atoms with Crippen molar-refractivity contribution in [2.45, 2.75) is 239 Å². The molecule has 1 fully saturated rings. The SMILES string of the molecule is CCCCCCCCC(=O)OCC(COC(=O)CCCCCCCC)CC(=O)O[C@H]1CNC[C@@H]1OC(=O)CC(COC(=O)CCCCCCCC)COC(=O)CCCCCCCC.O=C(O)C(F)(F)F. The van der Waals surface area contributed by atoms with Crippen molar-refractivity contribution in [3.63, 3.8) is 0 Å². The molecular weight excluding hydrogens is 920 g/mol. The zero-order valence-corrected chi connectivity index (χ0v) is 43.2. The number of esters is 6. The summed E-state index contributed by atoms with van der Waals surface area (Å²) in [6.45, 7) is 8.77. The first-order chi connectivity index (χ1) is 33.6. The van der Waals surface area contributed by atoms with Gasteiger partial charge in [0.15, 0.2) is 12.2 Å². The molecule has 2 N–H and O–H groups in total. The fourth-order valence-corrected chi connectivity index (χ4v) is 7.43. The normalized spacial score (nSPS) is 14.4. The second-order valence-corrected chi connectivity index (χ2v) is 18.5. The van der Waals surface area contributed by atoms with Crippen LogP contribution in [-0.4, -0.2) is 105 Å². The Balaban J connectivity index is 0.00000628. The van der Waals surface area contributed by atoms with E-state index in [4.69, 9.17) is 38.3 Å². The minimum Gasteiger partial charge on any atom is -0.475 e. The van der Waals surface area contributed by atoms with Crippen molar-refractivity contribution in [1.82, 2.24) is 5.32 Å². The highest BCUT2D eigenvalue weighted by Crippen LogP contribution is 2.19. The van der Waals surface area contributed by atoms with Gasteiger partial charge < -0.3 is 38.8 Å². The summed E-state index contributed by atoms with van der Waals surface area (Å²) < 4.78 is 65.5. The smallest absolute Gasteiger partial charge is 0.475 e. The third-order valence-corrected chi connectivity index (χ3v) is 11.7. The Kier molecular flexibility index (Phi) is 41.3. The molecule has 1 aliphatic heterocycles. The summed E-state index contributed by atoms with van der Waals surface area (Å²) in [5.41, 5.74) is 0. The van der Waals surface area contributed by atoms with E-state index in [0.29, 0.717) is 0 Å². The van der Waals surface area contributed by atoms with E-state index < -0.39 is 48.1 Å². The molecule has 408 valence electrons. The molecule has 0 aromatic rings. The lowest BCUT2D eigenvalue weighted by Gasteiger charge is -2.23. The van der Waals surface area contributed by atoms with Crippen LogP contribution in [0.25, 0.3) is 0 Å². The molecule has 0 radical (unpaired) electrons. The van der Waals surface area contributed by atoms with Gasteiger partial charge in [0.05, 0.1) is 39.3 Å². The van der Waals surface area contributed by atoms with Gasteiger partial charge in [-0.1, -0.05) is 156 Å². The first-order valence-corrected chi connectivity index (χ1v) is 26.6. The minimum absolute atomic E-state index is 0.0934. The Morgan fingerprint density at radius 2 is 0.657 bits per heavy atom. The third kappa shape index (κ3) is 39.7. The van der Waals surface area contributed by atoms with Crippen LogP contribution in [0, 0.1) is 11.8 Å². The average molecular weight is 1010 g/mol. The molecule has 0 saturated carbocycles. The second kappa shape index (κ2) is 43.8. The standard InChI is InChI=1S/C50H89NO12.C2HF3O2/c1-5-9-13-17-21-25-29-45(52)58-37-41(38-59-46(53)30-26-22-18-14-10-6-2)33-49(56)62-43-35-51-36-44(43)63-50(57)34-42(39-60-47(54)31-27-23-19-15-11-7-3)40-61-48(55)32-28-24-20-16-12-8-4;3-2(4,5)1(6)7/h41-44,51H,5-40H2,1-4H3;(H,6,7)/t43-,44-;/m0./s1. The van der Waals surface area contributed by atoms with Gasteiger partial charge in [0, 0.05) is 50.6 Å². The number of hydrogen-bond donors (Lipinski definition) is 2. The van der Waals surface area contributed by atoms with Crippen molar-refractivity contribution in [2.75, 3.05) is 39.5 Å².